The standard InChI is InChI=1S/C25H28O4/c1-17(25-16-28-25)29-24-5-3-2-4-23(24)20-8-6-18(7-9-20)19-10-12-21(13-11-19)26-14-22-15-27-22/h2-5,8,10-13,17-18,22,25H,6-7,9,14-16H2,1H3. The van der Waals surface area contributed by atoms with E-state index in [0.717, 1.165) is 44.0 Å². The lowest BCUT2D eigenvalue weighted by molar-refractivity contribution is 0.176. The van der Waals surface area contributed by atoms with Gasteiger partial charge in [0.1, 0.15) is 36.4 Å². The zero-order valence-corrected chi connectivity index (χ0v) is 16.9. The van der Waals surface area contributed by atoms with Gasteiger partial charge in [0.25, 0.3) is 0 Å². The number of hydrogen-bond donors (Lipinski definition) is 0. The molecule has 0 aromatic heterocycles. The molecule has 2 heterocycles. The van der Waals surface area contributed by atoms with Crippen LogP contribution in [0.15, 0.2) is 54.6 Å². The van der Waals surface area contributed by atoms with E-state index in [4.69, 9.17) is 18.9 Å². The first kappa shape index (κ1) is 18.7. The lowest BCUT2D eigenvalue weighted by Gasteiger charge is -2.24. The first-order valence-corrected chi connectivity index (χ1v) is 10.7. The minimum Gasteiger partial charge on any atom is -0.491 e. The second kappa shape index (κ2) is 8.21. The van der Waals surface area contributed by atoms with Crippen molar-refractivity contribution in [3.63, 3.8) is 0 Å². The minimum atomic E-state index is 0.0975. The molecule has 2 fully saturated rings. The largest absolute Gasteiger partial charge is 0.491 e. The predicted molar refractivity (Wildman–Crippen MR) is 113 cm³/mol. The van der Waals surface area contributed by atoms with Crippen molar-refractivity contribution >= 4 is 5.57 Å². The molecule has 4 atom stereocenters. The molecule has 2 saturated heterocycles. The van der Waals surface area contributed by atoms with Crippen LogP contribution in [-0.2, 0) is 9.47 Å². The van der Waals surface area contributed by atoms with Gasteiger partial charge < -0.3 is 18.9 Å². The summed E-state index contributed by atoms with van der Waals surface area (Å²) < 4.78 is 22.5. The number of benzene rings is 2. The molecule has 0 N–H and O–H groups in total. The number of rotatable bonds is 8. The van der Waals surface area contributed by atoms with Crippen molar-refractivity contribution in [1.82, 2.24) is 0 Å². The molecule has 2 aromatic rings. The summed E-state index contributed by atoms with van der Waals surface area (Å²) in [6, 6.07) is 17.0. The van der Waals surface area contributed by atoms with E-state index in [-0.39, 0.29) is 12.2 Å². The van der Waals surface area contributed by atoms with E-state index in [0.29, 0.717) is 18.6 Å². The van der Waals surface area contributed by atoms with Crippen LogP contribution < -0.4 is 9.47 Å². The fourth-order valence-electron chi connectivity index (χ4n) is 4.01. The molecule has 4 unspecified atom stereocenters. The predicted octanol–water partition coefficient (Wildman–Crippen LogP) is 4.98. The highest BCUT2D eigenvalue weighted by Gasteiger charge is 2.31. The van der Waals surface area contributed by atoms with Crippen LogP contribution in [-0.4, -0.2) is 38.1 Å². The molecule has 0 spiro atoms. The molecule has 2 aliphatic heterocycles. The Labute approximate surface area is 172 Å². The number of para-hydroxylation sites is 1. The van der Waals surface area contributed by atoms with Crippen molar-refractivity contribution in [3.8, 4) is 11.5 Å². The van der Waals surface area contributed by atoms with Crippen LogP contribution in [0.1, 0.15) is 43.2 Å². The van der Waals surface area contributed by atoms with Gasteiger partial charge >= 0.3 is 0 Å². The number of ether oxygens (including phenoxy) is 4. The lowest BCUT2D eigenvalue weighted by Crippen LogP contribution is -2.19. The molecule has 0 saturated carbocycles. The van der Waals surface area contributed by atoms with E-state index in [9.17, 15) is 0 Å². The molecule has 4 heteroatoms. The number of hydrogen-bond acceptors (Lipinski definition) is 4. The summed E-state index contributed by atoms with van der Waals surface area (Å²) in [5.74, 6) is 2.46. The monoisotopic (exact) mass is 392 g/mol. The Hall–Kier alpha value is -2.30. The maximum absolute atomic E-state index is 6.20. The van der Waals surface area contributed by atoms with E-state index >= 15 is 0 Å². The Kier molecular flexibility index (Phi) is 5.30. The minimum absolute atomic E-state index is 0.0975. The Balaban J connectivity index is 1.23. The molecule has 1 aliphatic carbocycles. The molecule has 29 heavy (non-hydrogen) atoms. The second-order valence-corrected chi connectivity index (χ2v) is 8.23. The first-order chi connectivity index (χ1) is 14.3. The number of allylic oxidation sites excluding steroid dienone is 2. The number of epoxide rings is 2. The Bertz CT molecular complexity index is 865. The van der Waals surface area contributed by atoms with Crippen LogP contribution in [0, 0.1) is 0 Å². The quantitative estimate of drug-likeness (QED) is 0.594. The molecular formula is C25H28O4. The zero-order chi connectivity index (χ0) is 19.6. The van der Waals surface area contributed by atoms with Crippen LogP contribution in [0.5, 0.6) is 11.5 Å². The molecule has 0 amide bonds. The summed E-state index contributed by atoms with van der Waals surface area (Å²) in [6.45, 7) is 4.38. The van der Waals surface area contributed by atoms with Crippen molar-refractivity contribution in [3.05, 3.63) is 65.7 Å². The molecule has 0 bridgehead atoms. The lowest BCUT2D eigenvalue weighted by atomic mass is 9.82. The molecular weight excluding hydrogens is 364 g/mol. The Morgan fingerprint density at radius 2 is 1.83 bits per heavy atom. The Morgan fingerprint density at radius 3 is 2.52 bits per heavy atom. The topological polar surface area (TPSA) is 43.5 Å². The maximum Gasteiger partial charge on any atom is 0.127 e. The van der Waals surface area contributed by atoms with Crippen LogP contribution in [0.3, 0.4) is 0 Å². The van der Waals surface area contributed by atoms with E-state index in [2.05, 4.69) is 55.5 Å². The van der Waals surface area contributed by atoms with E-state index in [1.54, 1.807) is 0 Å². The van der Waals surface area contributed by atoms with Gasteiger partial charge in [0.15, 0.2) is 0 Å². The van der Waals surface area contributed by atoms with Gasteiger partial charge in [-0.25, -0.2) is 0 Å². The van der Waals surface area contributed by atoms with E-state index in [1.165, 1.54) is 16.7 Å². The zero-order valence-electron chi connectivity index (χ0n) is 16.9. The van der Waals surface area contributed by atoms with Gasteiger partial charge in [-0.1, -0.05) is 36.4 Å². The summed E-state index contributed by atoms with van der Waals surface area (Å²) >= 11 is 0. The van der Waals surface area contributed by atoms with E-state index < -0.39 is 0 Å². The highest BCUT2D eigenvalue weighted by Crippen LogP contribution is 2.39. The third kappa shape index (κ3) is 4.65. The fourth-order valence-corrected chi connectivity index (χ4v) is 4.01. The van der Waals surface area contributed by atoms with Crippen LogP contribution in [0.2, 0.25) is 0 Å². The molecule has 152 valence electrons. The van der Waals surface area contributed by atoms with Gasteiger partial charge in [-0.3, -0.25) is 0 Å². The fraction of sp³-hybridized carbons (Fsp3) is 0.440. The average molecular weight is 392 g/mol. The molecule has 2 aromatic carbocycles. The van der Waals surface area contributed by atoms with Crippen molar-refractivity contribution in [2.45, 2.75) is 50.4 Å². The normalized spacial score (nSPS) is 26.4. The van der Waals surface area contributed by atoms with Crippen LogP contribution in [0.25, 0.3) is 5.57 Å². The third-order valence-corrected chi connectivity index (χ3v) is 6.03. The van der Waals surface area contributed by atoms with Gasteiger partial charge in [-0.2, -0.15) is 0 Å². The van der Waals surface area contributed by atoms with Gasteiger partial charge in [0, 0.05) is 5.56 Å². The van der Waals surface area contributed by atoms with E-state index in [1.807, 2.05) is 6.07 Å². The average Bonchev–Trinajstić information content (AvgIpc) is 3.67. The third-order valence-electron chi connectivity index (χ3n) is 6.03. The molecule has 3 aliphatic rings. The van der Waals surface area contributed by atoms with Gasteiger partial charge in [0.2, 0.25) is 0 Å². The van der Waals surface area contributed by atoms with Gasteiger partial charge in [0.05, 0.1) is 13.2 Å². The first-order valence-electron chi connectivity index (χ1n) is 10.7. The highest BCUT2D eigenvalue weighted by molar-refractivity contribution is 5.71. The summed E-state index contributed by atoms with van der Waals surface area (Å²) in [4.78, 5) is 0. The summed E-state index contributed by atoms with van der Waals surface area (Å²) in [7, 11) is 0. The molecule has 4 nitrogen and oxygen atoms in total. The van der Waals surface area contributed by atoms with Crippen molar-refractivity contribution in [1.29, 1.82) is 0 Å². The molecule has 5 rings (SSSR count). The SMILES string of the molecule is CC(Oc1ccccc1C1=CCC(c2ccc(OCC3CO3)cc2)CC1)C1CO1. The maximum atomic E-state index is 6.20. The van der Waals surface area contributed by atoms with Crippen molar-refractivity contribution in [2.24, 2.45) is 0 Å². The van der Waals surface area contributed by atoms with Gasteiger partial charge in [-0.15, -0.1) is 0 Å². The van der Waals surface area contributed by atoms with Crippen LogP contribution >= 0.6 is 0 Å². The van der Waals surface area contributed by atoms with Crippen molar-refractivity contribution < 1.29 is 18.9 Å². The smallest absolute Gasteiger partial charge is 0.127 e. The summed E-state index contributed by atoms with van der Waals surface area (Å²) in [5.41, 5.74) is 4.01. The second-order valence-electron chi connectivity index (χ2n) is 8.23. The summed E-state index contributed by atoms with van der Waals surface area (Å²) in [6.07, 6.45) is 6.30. The summed E-state index contributed by atoms with van der Waals surface area (Å²) in [5, 5.41) is 0. The molecule has 0 radical (unpaired) electrons. The highest BCUT2D eigenvalue weighted by atomic mass is 16.6. The Morgan fingerprint density at radius 1 is 1.03 bits per heavy atom. The van der Waals surface area contributed by atoms with Gasteiger partial charge in [-0.05, 0) is 61.4 Å². The van der Waals surface area contributed by atoms with Crippen LogP contribution in [0.4, 0.5) is 0 Å². The van der Waals surface area contributed by atoms with Crippen molar-refractivity contribution in [2.75, 3.05) is 19.8 Å².